The molecule has 0 bridgehead atoms. The molecule has 0 saturated carbocycles. The van der Waals surface area contributed by atoms with Crippen molar-refractivity contribution in [3.63, 3.8) is 0 Å². The topological polar surface area (TPSA) is 72.9 Å². The Balaban J connectivity index is 1.45. The number of carbonyl (C=O) groups is 1. The second-order valence-corrected chi connectivity index (χ2v) is 9.36. The normalized spacial score (nSPS) is 17.7. The second-order valence-electron chi connectivity index (χ2n) is 7.42. The highest BCUT2D eigenvalue weighted by Crippen LogP contribution is 2.32. The average molecular weight is 413 g/mol. The molecule has 0 amide bonds. The SMILES string of the molecule is CC1CCN(S(=O)(=O)c2ccc(C(=O)/C=C/c3ccc4c(c3)OCO4)cc2)CC1. The maximum Gasteiger partial charge on any atom is 0.243 e. The zero-order chi connectivity index (χ0) is 20.4. The summed E-state index contributed by atoms with van der Waals surface area (Å²) in [5.74, 6) is 1.70. The van der Waals surface area contributed by atoms with Gasteiger partial charge in [0.15, 0.2) is 17.3 Å². The van der Waals surface area contributed by atoms with Crippen LogP contribution in [0, 0.1) is 5.92 Å². The summed E-state index contributed by atoms with van der Waals surface area (Å²) in [6.45, 7) is 3.43. The van der Waals surface area contributed by atoms with Gasteiger partial charge in [0.05, 0.1) is 4.90 Å². The van der Waals surface area contributed by atoms with Gasteiger partial charge in [-0.25, -0.2) is 8.42 Å². The summed E-state index contributed by atoms with van der Waals surface area (Å²) in [6.07, 6.45) is 4.91. The zero-order valence-corrected chi connectivity index (χ0v) is 17.0. The summed E-state index contributed by atoms with van der Waals surface area (Å²) in [7, 11) is -3.51. The molecule has 0 N–H and O–H groups in total. The summed E-state index contributed by atoms with van der Waals surface area (Å²) in [4.78, 5) is 12.7. The lowest BCUT2D eigenvalue weighted by Gasteiger charge is -2.29. The van der Waals surface area contributed by atoms with Crippen molar-refractivity contribution >= 4 is 21.9 Å². The average Bonchev–Trinajstić information content (AvgIpc) is 3.20. The molecule has 2 aliphatic rings. The highest BCUT2D eigenvalue weighted by atomic mass is 32.2. The molecule has 0 atom stereocenters. The Labute approximate surface area is 170 Å². The van der Waals surface area contributed by atoms with Crippen molar-refractivity contribution in [2.24, 2.45) is 5.92 Å². The number of nitrogens with zero attached hydrogens (tertiary/aromatic N) is 1. The number of sulfonamides is 1. The van der Waals surface area contributed by atoms with E-state index in [0.717, 1.165) is 18.4 Å². The Hall–Kier alpha value is -2.64. The van der Waals surface area contributed by atoms with Crippen LogP contribution in [0.4, 0.5) is 0 Å². The quantitative estimate of drug-likeness (QED) is 0.552. The third-order valence-corrected chi connectivity index (χ3v) is 7.26. The highest BCUT2D eigenvalue weighted by molar-refractivity contribution is 7.89. The van der Waals surface area contributed by atoms with E-state index in [4.69, 9.17) is 9.47 Å². The molecule has 0 spiro atoms. The first-order valence-electron chi connectivity index (χ1n) is 9.66. The van der Waals surface area contributed by atoms with Crippen molar-refractivity contribution in [2.75, 3.05) is 19.9 Å². The van der Waals surface area contributed by atoms with Gasteiger partial charge in [-0.3, -0.25) is 4.79 Å². The van der Waals surface area contributed by atoms with Crippen LogP contribution < -0.4 is 9.47 Å². The van der Waals surface area contributed by atoms with Crippen molar-refractivity contribution in [1.82, 2.24) is 4.31 Å². The van der Waals surface area contributed by atoms with E-state index >= 15 is 0 Å². The van der Waals surface area contributed by atoms with Gasteiger partial charge in [-0.1, -0.05) is 19.1 Å². The number of benzene rings is 2. The van der Waals surface area contributed by atoms with E-state index in [9.17, 15) is 13.2 Å². The van der Waals surface area contributed by atoms with Gasteiger partial charge < -0.3 is 9.47 Å². The monoisotopic (exact) mass is 413 g/mol. The summed E-state index contributed by atoms with van der Waals surface area (Å²) < 4.78 is 37.7. The number of fused-ring (bicyclic) bond motifs is 1. The van der Waals surface area contributed by atoms with E-state index in [1.54, 1.807) is 30.3 Å². The molecule has 0 radical (unpaired) electrons. The fraction of sp³-hybridized carbons (Fsp3) is 0.318. The largest absolute Gasteiger partial charge is 0.454 e. The molecule has 2 heterocycles. The van der Waals surface area contributed by atoms with E-state index in [0.29, 0.717) is 36.1 Å². The van der Waals surface area contributed by atoms with Crippen LogP contribution in [0.15, 0.2) is 53.4 Å². The van der Waals surface area contributed by atoms with Gasteiger partial charge in [-0.05, 0) is 66.8 Å². The molecule has 7 heteroatoms. The molecule has 6 nitrogen and oxygen atoms in total. The van der Waals surface area contributed by atoms with Gasteiger partial charge >= 0.3 is 0 Å². The first-order chi connectivity index (χ1) is 13.9. The van der Waals surface area contributed by atoms with Gasteiger partial charge in [-0.15, -0.1) is 0 Å². The molecular formula is C22H23NO5S. The number of hydrogen-bond acceptors (Lipinski definition) is 5. The van der Waals surface area contributed by atoms with Crippen LogP contribution in [0.25, 0.3) is 6.08 Å². The Morgan fingerprint density at radius 3 is 2.45 bits per heavy atom. The second kappa shape index (κ2) is 8.00. The molecule has 2 aliphatic heterocycles. The lowest BCUT2D eigenvalue weighted by atomic mass is 10.0. The number of rotatable bonds is 5. The molecule has 0 aromatic heterocycles. The maximum absolute atomic E-state index is 12.8. The summed E-state index contributed by atoms with van der Waals surface area (Å²) in [5.41, 5.74) is 1.26. The summed E-state index contributed by atoms with van der Waals surface area (Å²) >= 11 is 0. The maximum atomic E-state index is 12.8. The predicted octanol–water partition coefficient (Wildman–Crippen LogP) is 3.73. The van der Waals surface area contributed by atoms with Gasteiger partial charge in [0.1, 0.15) is 0 Å². The van der Waals surface area contributed by atoms with Gasteiger partial charge in [-0.2, -0.15) is 4.31 Å². The molecular weight excluding hydrogens is 390 g/mol. The molecule has 0 unspecified atom stereocenters. The van der Waals surface area contributed by atoms with E-state index in [2.05, 4.69) is 6.92 Å². The molecule has 2 aromatic carbocycles. The van der Waals surface area contributed by atoms with Crippen LogP contribution in [-0.2, 0) is 10.0 Å². The van der Waals surface area contributed by atoms with E-state index in [1.807, 2.05) is 6.07 Å². The molecule has 29 heavy (non-hydrogen) atoms. The van der Waals surface area contributed by atoms with Crippen LogP contribution in [0.5, 0.6) is 11.5 Å². The molecule has 1 fully saturated rings. The van der Waals surface area contributed by atoms with Crippen molar-refractivity contribution < 1.29 is 22.7 Å². The van der Waals surface area contributed by atoms with Gasteiger partial charge in [0, 0.05) is 18.7 Å². The number of ketones is 1. The number of piperidine rings is 1. The Kier molecular flexibility index (Phi) is 5.43. The number of ether oxygens (including phenoxy) is 2. The predicted molar refractivity (Wildman–Crippen MR) is 110 cm³/mol. The smallest absolute Gasteiger partial charge is 0.243 e. The molecule has 0 aliphatic carbocycles. The minimum atomic E-state index is -3.51. The number of hydrogen-bond donors (Lipinski definition) is 0. The lowest BCUT2D eigenvalue weighted by molar-refractivity contribution is 0.104. The number of carbonyl (C=O) groups excluding carboxylic acids is 1. The van der Waals surface area contributed by atoms with Crippen molar-refractivity contribution in [3.8, 4) is 11.5 Å². The first kappa shape index (κ1) is 19.7. The highest BCUT2D eigenvalue weighted by Gasteiger charge is 2.28. The Morgan fingerprint density at radius 2 is 1.72 bits per heavy atom. The van der Waals surface area contributed by atoms with Gasteiger partial charge in [0.25, 0.3) is 0 Å². The van der Waals surface area contributed by atoms with E-state index in [-0.39, 0.29) is 17.5 Å². The Bertz CT molecular complexity index is 1040. The van der Waals surface area contributed by atoms with Crippen LogP contribution >= 0.6 is 0 Å². The van der Waals surface area contributed by atoms with Crippen molar-refractivity contribution in [2.45, 2.75) is 24.7 Å². The molecule has 2 aromatic rings. The van der Waals surface area contributed by atoms with E-state index < -0.39 is 10.0 Å². The standard InChI is InChI=1S/C22H23NO5S/c1-16-10-12-23(13-11-16)29(25,26)19-6-4-18(5-7-19)20(24)8-2-17-3-9-21-22(14-17)28-15-27-21/h2-9,14,16H,10-13,15H2,1H3/b8-2+. The molecule has 1 saturated heterocycles. The fourth-order valence-corrected chi connectivity index (χ4v) is 4.92. The van der Waals surface area contributed by atoms with Crippen molar-refractivity contribution in [3.05, 3.63) is 59.7 Å². The molecule has 4 rings (SSSR count). The molecule has 152 valence electrons. The van der Waals surface area contributed by atoms with Crippen molar-refractivity contribution in [1.29, 1.82) is 0 Å². The third-order valence-electron chi connectivity index (χ3n) is 5.34. The minimum Gasteiger partial charge on any atom is -0.454 e. The number of allylic oxidation sites excluding steroid dienone is 1. The summed E-state index contributed by atoms with van der Waals surface area (Å²) in [5, 5.41) is 0. The van der Waals surface area contributed by atoms with Crippen LogP contribution in [-0.4, -0.2) is 38.4 Å². The van der Waals surface area contributed by atoms with Crippen LogP contribution in [0.2, 0.25) is 0 Å². The Morgan fingerprint density at radius 1 is 1.03 bits per heavy atom. The summed E-state index contributed by atoms with van der Waals surface area (Å²) in [6, 6.07) is 11.6. The van der Waals surface area contributed by atoms with Crippen LogP contribution in [0.3, 0.4) is 0 Å². The zero-order valence-electron chi connectivity index (χ0n) is 16.2. The fourth-order valence-electron chi connectivity index (χ4n) is 3.45. The van der Waals surface area contributed by atoms with Gasteiger partial charge in [0.2, 0.25) is 16.8 Å². The van der Waals surface area contributed by atoms with E-state index in [1.165, 1.54) is 22.5 Å². The lowest BCUT2D eigenvalue weighted by Crippen LogP contribution is -2.37. The van der Waals surface area contributed by atoms with Crippen LogP contribution in [0.1, 0.15) is 35.7 Å². The third kappa shape index (κ3) is 4.21. The first-order valence-corrected chi connectivity index (χ1v) is 11.1. The minimum absolute atomic E-state index is 0.196.